The van der Waals surface area contributed by atoms with Crippen LogP contribution in [-0.4, -0.2) is 23.5 Å². The molecular formula is C19H24N4O. The Morgan fingerprint density at radius 3 is 1.79 bits per heavy atom. The maximum atomic E-state index is 11.8. The molecule has 3 rings (SSSR count). The lowest BCUT2D eigenvalue weighted by Crippen LogP contribution is -2.20. The van der Waals surface area contributed by atoms with Gasteiger partial charge >= 0.3 is 0 Å². The van der Waals surface area contributed by atoms with Crippen molar-refractivity contribution in [2.45, 2.75) is 6.92 Å². The van der Waals surface area contributed by atoms with Crippen LogP contribution in [0, 0.1) is 6.92 Å². The number of anilines is 2. The van der Waals surface area contributed by atoms with Gasteiger partial charge in [-0.2, -0.15) is 0 Å². The lowest BCUT2D eigenvalue weighted by Gasteiger charge is -2.10. The third kappa shape index (κ3) is 3.68. The Labute approximate surface area is 142 Å². The Kier molecular flexibility index (Phi) is 5.47. The Morgan fingerprint density at radius 1 is 0.917 bits per heavy atom. The number of nitrogens with zero attached hydrogens (tertiary/aromatic N) is 3. The molecule has 3 aromatic rings. The fourth-order valence-electron chi connectivity index (χ4n) is 2.32. The molecule has 0 amide bonds. The van der Waals surface area contributed by atoms with Crippen LogP contribution < -0.4 is 16.2 Å². The maximum absolute atomic E-state index is 11.8. The van der Waals surface area contributed by atoms with Crippen molar-refractivity contribution < 1.29 is 0 Å². The third-order valence-electron chi connectivity index (χ3n) is 3.87. The molecule has 0 unspecified atom stereocenters. The molecule has 0 aliphatic carbocycles. The average molecular weight is 324 g/mol. The van der Waals surface area contributed by atoms with E-state index in [1.807, 2.05) is 76.6 Å². The molecule has 0 aliphatic rings. The molecule has 24 heavy (non-hydrogen) atoms. The van der Waals surface area contributed by atoms with Gasteiger partial charge in [0.05, 0.1) is 11.4 Å². The molecule has 0 radical (unpaired) electrons. The highest BCUT2D eigenvalue weighted by molar-refractivity contribution is 5.45. The van der Waals surface area contributed by atoms with Gasteiger partial charge in [-0.15, -0.1) is 0 Å². The predicted octanol–water partition coefficient (Wildman–Crippen LogP) is 2.82. The van der Waals surface area contributed by atoms with Crippen molar-refractivity contribution in [3.05, 3.63) is 76.7 Å². The van der Waals surface area contributed by atoms with Crippen molar-refractivity contribution in [1.29, 1.82) is 0 Å². The van der Waals surface area contributed by atoms with Crippen molar-refractivity contribution in [2.24, 2.45) is 7.05 Å². The van der Waals surface area contributed by atoms with Gasteiger partial charge in [0.2, 0.25) is 0 Å². The lowest BCUT2D eigenvalue weighted by atomic mass is 10.3. The van der Waals surface area contributed by atoms with Gasteiger partial charge in [-0.1, -0.05) is 36.4 Å². The number of rotatable bonds is 2. The summed E-state index contributed by atoms with van der Waals surface area (Å²) in [5, 5.41) is 0. The molecule has 0 bridgehead atoms. The Bertz CT molecular complexity index is 833. The second kappa shape index (κ2) is 7.55. The molecule has 0 saturated carbocycles. The fraction of sp³-hybridized carbons (Fsp3) is 0.211. The van der Waals surface area contributed by atoms with Crippen LogP contribution in [0.5, 0.6) is 0 Å². The van der Waals surface area contributed by atoms with Gasteiger partial charge in [0.15, 0.2) is 0 Å². The molecule has 0 spiro atoms. The predicted molar refractivity (Wildman–Crippen MR) is 101 cm³/mol. The summed E-state index contributed by atoms with van der Waals surface area (Å²) in [6, 6.07) is 19.7. The summed E-state index contributed by atoms with van der Waals surface area (Å²) in [5.41, 5.74) is 8.68. The molecule has 126 valence electrons. The summed E-state index contributed by atoms with van der Waals surface area (Å²) >= 11 is 0. The van der Waals surface area contributed by atoms with Crippen molar-refractivity contribution in [1.82, 2.24) is 9.36 Å². The Morgan fingerprint density at radius 2 is 1.42 bits per heavy atom. The second-order valence-electron chi connectivity index (χ2n) is 5.71. The van der Waals surface area contributed by atoms with Crippen LogP contribution in [-0.2, 0) is 7.05 Å². The van der Waals surface area contributed by atoms with Gasteiger partial charge in [-0.25, -0.2) is 4.68 Å². The van der Waals surface area contributed by atoms with Crippen LogP contribution in [0.4, 0.5) is 11.4 Å². The van der Waals surface area contributed by atoms with Gasteiger partial charge in [0, 0.05) is 26.8 Å². The summed E-state index contributed by atoms with van der Waals surface area (Å²) in [6.45, 7) is 1.83. The third-order valence-corrected chi connectivity index (χ3v) is 3.87. The van der Waals surface area contributed by atoms with E-state index in [0.29, 0.717) is 5.69 Å². The van der Waals surface area contributed by atoms with E-state index in [1.165, 1.54) is 5.69 Å². The summed E-state index contributed by atoms with van der Waals surface area (Å²) < 4.78 is 3.32. The van der Waals surface area contributed by atoms with E-state index >= 15 is 0 Å². The molecule has 0 saturated heterocycles. The van der Waals surface area contributed by atoms with E-state index in [4.69, 9.17) is 5.73 Å². The van der Waals surface area contributed by atoms with Crippen LogP contribution in [0.1, 0.15) is 5.69 Å². The quantitative estimate of drug-likeness (QED) is 0.788. The summed E-state index contributed by atoms with van der Waals surface area (Å²) in [5.74, 6) is 0. The molecule has 0 aliphatic heterocycles. The number of hydrogen-bond donors (Lipinski definition) is 1. The highest BCUT2D eigenvalue weighted by atomic mass is 16.1. The molecule has 5 heteroatoms. The van der Waals surface area contributed by atoms with Gasteiger partial charge in [-0.3, -0.25) is 9.48 Å². The van der Waals surface area contributed by atoms with Crippen molar-refractivity contribution in [3.8, 4) is 5.69 Å². The topological polar surface area (TPSA) is 56.2 Å². The van der Waals surface area contributed by atoms with Crippen LogP contribution >= 0.6 is 0 Å². The number of para-hydroxylation sites is 2. The van der Waals surface area contributed by atoms with Gasteiger partial charge in [0.25, 0.3) is 5.56 Å². The van der Waals surface area contributed by atoms with E-state index in [9.17, 15) is 4.79 Å². The van der Waals surface area contributed by atoms with Gasteiger partial charge < -0.3 is 10.6 Å². The summed E-state index contributed by atoms with van der Waals surface area (Å²) in [6.07, 6.45) is 0. The second-order valence-corrected chi connectivity index (χ2v) is 5.71. The standard InChI is InChI=1S/C11H13N3O.C8H11N/c1-8-10(12)11(15)14(13(8)2)9-6-4-3-5-7-9;1-9(2)8-6-4-3-5-7-8/h3-7H,12H2,1-2H3;3-7H,1-2H3. The van der Waals surface area contributed by atoms with Crippen molar-refractivity contribution in [2.75, 3.05) is 24.7 Å². The minimum Gasteiger partial charge on any atom is -0.393 e. The zero-order valence-electron chi connectivity index (χ0n) is 14.6. The minimum atomic E-state index is -0.166. The molecule has 2 N–H and O–H groups in total. The minimum absolute atomic E-state index is 0.166. The molecule has 5 nitrogen and oxygen atoms in total. The van der Waals surface area contributed by atoms with E-state index in [1.54, 1.807) is 9.36 Å². The average Bonchev–Trinajstić information content (AvgIpc) is 2.80. The number of hydrogen-bond acceptors (Lipinski definition) is 3. The monoisotopic (exact) mass is 324 g/mol. The largest absolute Gasteiger partial charge is 0.393 e. The molecular weight excluding hydrogens is 300 g/mol. The van der Waals surface area contributed by atoms with Gasteiger partial charge in [0.1, 0.15) is 5.69 Å². The van der Waals surface area contributed by atoms with E-state index in [0.717, 1.165) is 11.4 Å². The fourth-order valence-corrected chi connectivity index (χ4v) is 2.32. The molecule has 1 heterocycles. The Balaban J connectivity index is 0.000000198. The van der Waals surface area contributed by atoms with Crippen molar-refractivity contribution >= 4 is 11.4 Å². The van der Waals surface area contributed by atoms with Crippen LogP contribution in [0.15, 0.2) is 65.5 Å². The number of nitrogens with two attached hydrogens (primary N) is 1. The van der Waals surface area contributed by atoms with E-state index < -0.39 is 0 Å². The number of benzene rings is 2. The first-order valence-corrected chi connectivity index (χ1v) is 7.75. The first-order valence-electron chi connectivity index (χ1n) is 7.75. The zero-order chi connectivity index (χ0) is 17.7. The van der Waals surface area contributed by atoms with Crippen LogP contribution in [0.2, 0.25) is 0 Å². The highest BCUT2D eigenvalue weighted by Gasteiger charge is 2.12. The number of aromatic nitrogens is 2. The van der Waals surface area contributed by atoms with Crippen molar-refractivity contribution in [3.63, 3.8) is 0 Å². The van der Waals surface area contributed by atoms with E-state index in [2.05, 4.69) is 17.0 Å². The first-order chi connectivity index (χ1) is 11.4. The Hall–Kier alpha value is -2.95. The maximum Gasteiger partial charge on any atom is 0.294 e. The van der Waals surface area contributed by atoms with Crippen LogP contribution in [0.3, 0.4) is 0 Å². The summed E-state index contributed by atoms with van der Waals surface area (Å²) in [4.78, 5) is 13.9. The van der Waals surface area contributed by atoms with E-state index in [-0.39, 0.29) is 5.56 Å². The lowest BCUT2D eigenvalue weighted by molar-refractivity contribution is 0.630. The van der Waals surface area contributed by atoms with Crippen LogP contribution in [0.25, 0.3) is 5.69 Å². The molecule has 1 aromatic heterocycles. The number of nitrogen functional groups attached to an aromatic ring is 1. The zero-order valence-corrected chi connectivity index (χ0v) is 14.6. The molecule has 0 atom stereocenters. The normalized spacial score (nSPS) is 10.0. The SMILES string of the molecule is CN(C)c1ccccc1.Cc1c(N)c(=O)n(-c2ccccc2)n1C. The molecule has 0 fully saturated rings. The highest BCUT2D eigenvalue weighted by Crippen LogP contribution is 2.10. The summed E-state index contributed by atoms with van der Waals surface area (Å²) in [7, 11) is 5.89. The molecule has 2 aromatic carbocycles. The van der Waals surface area contributed by atoms with Gasteiger partial charge in [-0.05, 0) is 31.2 Å². The smallest absolute Gasteiger partial charge is 0.294 e. The first kappa shape index (κ1) is 17.4.